The van der Waals surface area contributed by atoms with Gasteiger partial charge >= 0.3 is 0 Å². The van der Waals surface area contributed by atoms with Crippen LogP contribution in [0.3, 0.4) is 0 Å². The molecule has 0 saturated carbocycles. The highest BCUT2D eigenvalue weighted by Gasteiger charge is 2.29. The summed E-state index contributed by atoms with van der Waals surface area (Å²) < 4.78 is 11.5. The fraction of sp³-hybridized carbons (Fsp3) is 0.167. The van der Waals surface area contributed by atoms with Crippen molar-refractivity contribution in [2.24, 2.45) is 0 Å². The second-order valence-corrected chi connectivity index (χ2v) is 6.60. The predicted molar refractivity (Wildman–Crippen MR) is 104 cm³/mol. The van der Waals surface area contributed by atoms with E-state index in [9.17, 15) is 10.1 Å². The lowest BCUT2D eigenvalue weighted by molar-refractivity contribution is -0.385. The van der Waals surface area contributed by atoms with Crippen LogP contribution in [0, 0.1) is 10.1 Å². The molecule has 4 rings (SSSR count). The molecule has 0 bridgehead atoms. The molecule has 142 valence electrons. The zero-order valence-electron chi connectivity index (χ0n) is 14.9. The summed E-state index contributed by atoms with van der Waals surface area (Å²) in [7, 11) is 1.50. The van der Waals surface area contributed by atoms with E-state index in [1.165, 1.54) is 31.0 Å². The minimum absolute atomic E-state index is 0.0652. The van der Waals surface area contributed by atoms with Crippen molar-refractivity contribution in [2.75, 3.05) is 18.7 Å². The third kappa shape index (κ3) is 3.18. The maximum Gasteiger partial charge on any atom is 0.270 e. The number of methoxy groups -OCH3 is 1. The van der Waals surface area contributed by atoms with Crippen LogP contribution in [0.1, 0.15) is 11.8 Å². The number of fused-ring (bicyclic) bond motifs is 3. The Kier molecular flexibility index (Phi) is 4.70. The zero-order chi connectivity index (χ0) is 19.7. The molecule has 1 aliphatic rings. The van der Waals surface area contributed by atoms with Crippen molar-refractivity contribution < 1.29 is 14.4 Å². The molecular weight excluding hydrogens is 382 g/mol. The number of rotatable bonds is 4. The second kappa shape index (κ2) is 7.31. The van der Waals surface area contributed by atoms with E-state index in [2.05, 4.69) is 20.5 Å². The van der Waals surface area contributed by atoms with Gasteiger partial charge in [-0.2, -0.15) is 4.98 Å². The van der Waals surface area contributed by atoms with E-state index in [1.807, 2.05) is 30.5 Å². The van der Waals surface area contributed by atoms with Crippen LogP contribution < -0.4 is 14.8 Å². The van der Waals surface area contributed by atoms with Crippen molar-refractivity contribution >= 4 is 23.1 Å². The molecular formula is C18H15N5O4S. The second-order valence-electron chi connectivity index (χ2n) is 5.82. The van der Waals surface area contributed by atoms with E-state index in [-0.39, 0.29) is 11.6 Å². The van der Waals surface area contributed by atoms with Crippen molar-refractivity contribution in [3.05, 3.63) is 58.1 Å². The molecule has 0 saturated heterocycles. The lowest BCUT2D eigenvalue weighted by Gasteiger charge is -2.21. The number of nitro benzene ring substituents is 1. The molecule has 0 spiro atoms. The Bertz CT molecular complexity index is 1060. The SMILES string of the molecule is COc1ccc([N+](=O)[O-])cc1[C@@H]1Nc2ccccc2-c2nnc(SC)nc2O1. The van der Waals surface area contributed by atoms with Gasteiger partial charge < -0.3 is 14.8 Å². The summed E-state index contributed by atoms with van der Waals surface area (Å²) in [6.45, 7) is 0. The van der Waals surface area contributed by atoms with Crippen LogP contribution in [0.2, 0.25) is 0 Å². The lowest BCUT2D eigenvalue weighted by atomic mass is 10.1. The highest BCUT2D eigenvalue weighted by molar-refractivity contribution is 7.98. The molecule has 28 heavy (non-hydrogen) atoms. The summed E-state index contributed by atoms with van der Waals surface area (Å²) in [6, 6.07) is 11.9. The van der Waals surface area contributed by atoms with Crippen LogP contribution in [-0.2, 0) is 0 Å². The van der Waals surface area contributed by atoms with Crippen LogP contribution in [0.25, 0.3) is 11.3 Å². The minimum Gasteiger partial charge on any atom is -0.496 e. The first kappa shape index (κ1) is 18.0. The molecule has 1 aliphatic heterocycles. The maximum atomic E-state index is 11.3. The fourth-order valence-corrected chi connectivity index (χ4v) is 3.21. The van der Waals surface area contributed by atoms with E-state index in [1.54, 1.807) is 6.07 Å². The summed E-state index contributed by atoms with van der Waals surface area (Å²) in [5, 5.41) is 23.3. The highest BCUT2D eigenvalue weighted by Crippen LogP contribution is 2.41. The fourth-order valence-electron chi connectivity index (χ4n) is 2.91. The van der Waals surface area contributed by atoms with Gasteiger partial charge in [0.1, 0.15) is 5.75 Å². The van der Waals surface area contributed by atoms with Crippen molar-refractivity contribution in [1.29, 1.82) is 0 Å². The molecule has 1 N–H and O–H groups in total. The molecule has 0 aliphatic carbocycles. The number of thioether (sulfide) groups is 1. The number of hydrogen-bond donors (Lipinski definition) is 1. The number of hydrogen-bond acceptors (Lipinski definition) is 9. The normalized spacial score (nSPS) is 14.7. The Hall–Kier alpha value is -3.40. The van der Waals surface area contributed by atoms with Gasteiger partial charge in [0.05, 0.1) is 17.6 Å². The molecule has 0 radical (unpaired) electrons. The van der Waals surface area contributed by atoms with Crippen molar-refractivity contribution in [3.8, 4) is 22.9 Å². The molecule has 10 heteroatoms. The van der Waals surface area contributed by atoms with Crippen molar-refractivity contribution in [1.82, 2.24) is 15.2 Å². The van der Waals surface area contributed by atoms with Gasteiger partial charge in [-0.1, -0.05) is 30.0 Å². The average Bonchev–Trinajstić information content (AvgIpc) is 2.89. The first-order valence-corrected chi connectivity index (χ1v) is 9.47. The first-order valence-electron chi connectivity index (χ1n) is 8.24. The van der Waals surface area contributed by atoms with Gasteiger partial charge in [0.15, 0.2) is 5.69 Å². The van der Waals surface area contributed by atoms with Crippen LogP contribution in [0.4, 0.5) is 11.4 Å². The number of anilines is 1. The third-order valence-corrected chi connectivity index (χ3v) is 4.76. The van der Waals surface area contributed by atoms with Gasteiger partial charge in [-0.05, 0) is 18.4 Å². The Morgan fingerprint density at radius 3 is 2.82 bits per heavy atom. The van der Waals surface area contributed by atoms with Gasteiger partial charge in [-0.25, -0.2) is 0 Å². The molecule has 0 fully saturated rings. The minimum atomic E-state index is -0.774. The van der Waals surface area contributed by atoms with Gasteiger partial charge in [-0.3, -0.25) is 10.1 Å². The van der Waals surface area contributed by atoms with Gasteiger partial charge in [0.25, 0.3) is 5.69 Å². The Morgan fingerprint density at radius 2 is 2.07 bits per heavy atom. The Labute approximate surface area is 164 Å². The number of benzene rings is 2. The van der Waals surface area contributed by atoms with Crippen LogP contribution in [0.5, 0.6) is 11.6 Å². The Balaban J connectivity index is 1.88. The topological polar surface area (TPSA) is 112 Å². The molecule has 2 aromatic carbocycles. The largest absolute Gasteiger partial charge is 0.496 e. The molecule has 0 amide bonds. The monoisotopic (exact) mass is 397 g/mol. The molecule has 1 atom stereocenters. The van der Waals surface area contributed by atoms with E-state index in [4.69, 9.17) is 9.47 Å². The van der Waals surface area contributed by atoms with E-state index in [0.717, 1.165) is 11.3 Å². The summed E-state index contributed by atoms with van der Waals surface area (Å²) in [4.78, 5) is 15.2. The number of nitro groups is 1. The van der Waals surface area contributed by atoms with E-state index in [0.29, 0.717) is 22.2 Å². The average molecular weight is 397 g/mol. The molecule has 0 unspecified atom stereocenters. The highest BCUT2D eigenvalue weighted by atomic mass is 32.2. The molecule has 9 nitrogen and oxygen atoms in total. The quantitative estimate of drug-likeness (QED) is 0.400. The smallest absolute Gasteiger partial charge is 0.270 e. The van der Waals surface area contributed by atoms with Crippen LogP contribution in [0.15, 0.2) is 47.6 Å². The number of nitrogens with one attached hydrogen (secondary N) is 1. The Morgan fingerprint density at radius 1 is 1.25 bits per heavy atom. The summed E-state index contributed by atoms with van der Waals surface area (Å²) in [6.07, 6.45) is 1.07. The van der Waals surface area contributed by atoms with Crippen molar-refractivity contribution in [2.45, 2.75) is 11.4 Å². The lowest BCUT2D eigenvalue weighted by Crippen LogP contribution is -2.18. The van der Waals surface area contributed by atoms with Gasteiger partial charge in [0, 0.05) is 23.4 Å². The third-order valence-electron chi connectivity index (χ3n) is 4.22. The summed E-state index contributed by atoms with van der Waals surface area (Å²) in [5.74, 6) is 0.742. The van der Waals surface area contributed by atoms with E-state index >= 15 is 0 Å². The molecule has 1 aromatic heterocycles. The zero-order valence-corrected chi connectivity index (χ0v) is 15.8. The molecule has 3 aromatic rings. The predicted octanol–water partition coefficient (Wildman–Crippen LogP) is 3.68. The summed E-state index contributed by atoms with van der Waals surface area (Å²) in [5.41, 5.74) is 2.42. The number of nitrogens with zero attached hydrogens (tertiary/aromatic N) is 4. The molecule has 2 heterocycles. The van der Waals surface area contributed by atoms with Gasteiger partial charge in [0.2, 0.25) is 17.3 Å². The number of ether oxygens (including phenoxy) is 2. The van der Waals surface area contributed by atoms with E-state index < -0.39 is 11.2 Å². The first-order chi connectivity index (χ1) is 13.6. The number of aromatic nitrogens is 3. The maximum absolute atomic E-state index is 11.3. The van der Waals surface area contributed by atoms with Gasteiger partial charge in [-0.15, -0.1) is 10.2 Å². The summed E-state index contributed by atoms with van der Waals surface area (Å²) >= 11 is 1.34. The van der Waals surface area contributed by atoms with Crippen molar-refractivity contribution in [3.63, 3.8) is 0 Å². The van der Waals surface area contributed by atoms with Crippen LogP contribution in [-0.4, -0.2) is 33.5 Å². The standard InChI is InChI=1S/C18H15N5O4S/c1-26-14-8-7-10(23(24)25)9-12(14)16-19-13-6-4-3-5-11(13)15-17(27-16)20-18(28-2)22-21-15/h3-9,16,19H,1-2H3/t16-/m1/s1. The number of non-ortho nitro benzene ring substituents is 1. The van der Waals surface area contributed by atoms with Crippen LogP contribution >= 0.6 is 11.8 Å². The number of para-hydroxylation sites is 1.